The maximum atomic E-state index is 9.15. The van der Waals surface area contributed by atoms with E-state index in [1.807, 2.05) is 30.3 Å². The molecule has 16 heavy (non-hydrogen) atoms. The molecule has 1 aromatic rings. The van der Waals surface area contributed by atoms with E-state index in [1.165, 1.54) is 0 Å². The van der Waals surface area contributed by atoms with Crippen LogP contribution < -0.4 is 10.1 Å². The molecule has 84 valence electrons. The largest absolute Gasteiger partial charge is 0.493 e. The summed E-state index contributed by atoms with van der Waals surface area (Å²) in [6.45, 7) is 1.53. The Labute approximate surface area is 96.0 Å². The lowest BCUT2D eigenvalue weighted by atomic mass is 9.96. The van der Waals surface area contributed by atoms with Crippen molar-refractivity contribution in [2.24, 2.45) is 0 Å². The number of benzene rings is 1. The van der Waals surface area contributed by atoms with Crippen molar-refractivity contribution in [1.29, 1.82) is 5.26 Å². The maximum absolute atomic E-state index is 9.15. The van der Waals surface area contributed by atoms with E-state index >= 15 is 0 Å². The van der Waals surface area contributed by atoms with Gasteiger partial charge in [0, 0.05) is 6.42 Å². The molecule has 0 bridgehead atoms. The average Bonchev–Trinajstić information content (AvgIpc) is 2.80. The Morgan fingerprint density at radius 2 is 2.19 bits per heavy atom. The van der Waals surface area contributed by atoms with Gasteiger partial charge in [0.05, 0.1) is 12.7 Å². The second-order valence-electron chi connectivity index (χ2n) is 4.14. The number of nitrogens with one attached hydrogen (secondary N) is 1. The van der Waals surface area contributed by atoms with E-state index in [0.717, 1.165) is 31.6 Å². The average molecular weight is 216 g/mol. The summed E-state index contributed by atoms with van der Waals surface area (Å²) in [5, 5.41) is 12.4. The van der Waals surface area contributed by atoms with E-state index in [4.69, 9.17) is 10.00 Å². The molecule has 1 unspecified atom stereocenters. The van der Waals surface area contributed by atoms with Gasteiger partial charge < -0.3 is 4.74 Å². The van der Waals surface area contributed by atoms with Crippen LogP contribution >= 0.6 is 0 Å². The zero-order valence-corrected chi connectivity index (χ0v) is 9.28. The summed E-state index contributed by atoms with van der Waals surface area (Å²) in [7, 11) is 0. The topological polar surface area (TPSA) is 45.0 Å². The van der Waals surface area contributed by atoms with Crippen LogP contribution in [-0.4, -0.2) is 18.7 Å². The second kappa shape index (κ2) is 5.00. The van der Waals surface area contributed by atoms with Crippen LogP contribution in [0.1, 0.15) is 19.3 Å². The lowest BCUT2D eigenvalue weighted by Crippen LogP contribution is -2.39. The van der Waals surface area contributed by atoms with Crippen LogP contribution in [0.2, 0.25) is 0 Å². The first kappa shape index (κ1) is 11.0. The Morgan fingerprint density at radius 1 is 1.38 bits per heavy atom. The molecule has 1 heterocycles. The van der Waals surface area contributed by atoms with Gasteiger partial charge in [0.15, 0.2) is 0 Å². The highest BCUT2D eigenvalue weighted by Crippen LogP contribution is 2.22. The predicted octanol–water partition coefficient (Wildman–Crippen LogP) is 2.10. The summed E-state index contributed by atoms with van der Waals surface area (Å²) in [5.74, 6) is 0.869. The minimum absolute atomic E-state index is 0.352. The van der Waals surface area contributed by atoms with Crippen molar-refractivity contribution in [3.05, 3.63) is 30.3 Å². The van der Waals surface area contributed by atoms with Crippen molar-refractivity contribution < 1.29 is 4.74 Å². The van der Waals surface area contributed by atoms with E-state index in [9.17, 15) is 0 Å². The number of para-hydroxylation sites is 1. The summed E-state index contributed by atoms with van der Waals surface area (Å²) in [5.41, 5.74) is -0.352. The van der Waals surface area contributed by atoms with Crippen molar-refractivity contribution >= 4 is 0 Å². The fourth-order valence-corrected chi connectivity index (χ4v) is 2.03. The third kappa shape index (κ3) is 2.53. The minimum atomic E-state index is -0.352. The van der Waals surface area contributed by atoms with E-state index in [2.05, 4.69) is 11.4 Å². The highest BCUT2D eigenvalue weighted by molar-refractivity contribution is 5.21. The van der Waals surface area contributed by atoms with E-state index < -0.39 is 0 Å². The van der Waals surface area contributed by atoms with Crippen LogP contribution in [0, 0.1) is 11.3 Å². The fourth-order valence-electron chi connectivity index (χ4n) is 2.03. The molecule has 0 saturated carbocycles. The van der Waals surface area contributed by atoms with Gasteiger partial charge in [-0.3, -0.25) is 5.32 Å². The van der Waals surface area contributed by atoms with Gasteiger partial charge >= 0.3 is 0 Å². The Morgan fingerprint density at radius 3 is 2.81 bits per heavy atom. The van der Waals surface area contributed by atoms with Gasteiger partial charge in [-0.15, -0.1) is 0 Å². The van der Waals surface area contributed by atoms with Gasteiger partial charge in [-0.25, -0.2) is 0 Å². The van der Waals surface area contributed by atoms with Crippen LogP contribution in [0.5, 0.6) is 5.75 Å². The first-order valence-corrected chi connectivity index (χ1v) is 5.69. The highest BCUT2D eigenvalue weighted by atomic mass is 16.5. The van der Waals surface area contributed by atoms with Gasteiger partial charge in [0.2, 0.25) is 0 Å². The Hall–Kier alpha value is -1.53. The van der Waals surface area contributed by atoms with E-state index in [1.54, 1.807) is 0 Å². The van der Waals surface area contributed by atoms with Crippen molar-refractivity contribution in [2.45, 2.75) is 24.8 Å². The second-order valence-corrected chi connectivity index (χ2v) is 4.14. The summed E-state index contributed by atoms with van der Waals surface area (Å²) < 4.78 is 5.60. The molecular formula is C13H16N2O. The molecule has 1 saturated heterocycles. The van der Waals surface area contributed by atoms with Crippen LogP contribution in [0.15, 0.2) is 30.3 Å². The number of ether oxygens (including phenoxy) is 1. The highest BCUT2D eigenvalue weighted by Gasteiger charge is 2.33. The molecule has 0 amide bonds. The van der Waals surface area contributed by atoms with Gasteiger partial charge in [-0.05, 0) is 31.5 Å². The van der Waals surface area contributed by atoms with E-state index in [0.29, 0.717) is 6.61 Å². The predicted molar refractivity (Wildman–Crippen MR) is 62.1 cm³/mol. The summed E-state index contributed by atoms with van der Waals surface area (Å²) in [6.07, 6.45) is 2.76. The molecule has 0 aromatic heterocycles. The first-order valence-electron chi connectivity index (χ1n) is 5.69. The third-order valence-electron chi connectivity index (χ3n) is 3.00. The molecule has 0 aliphatic carbocycles. The molecule has 1 fully saturated rings. The smallest absolute Gasteiger partial charge is 0.119 e. The molecule has 1 N–H and O–H groups in total. The van der Waals surface area contributed by atoms with Gasteiger partial charge in [0.25, 0.3) is 0 Å². The third-order valence-corrected chi connectivity index (χ3v) is 3.00. The van der Waals surface area contributed by atoms with Gasteiger partial charge in [0.1, 0.15) is 11.3 Å². The van der Waals surface area contributed by atoms with Gasteiger partial charge in [-0.2, -0.15) is 5.26 Å². The van der Waals surface area contributed by atoms with Crippen molar-refractivity contribution in [1.82, 2.24) is 5.32 Å². The van der Waals surface area contributed by atoms with Crippen LogP contribution in [0.25, 0.3) is 0 Å². The lowest BCUT2D eigenvalue weighted by Gasteiger charge is -2.20. The molecule has 0 spiro atoms. The lowest BCUT2D eigenvalue weighted by molar-refractivity contribution is 0.270. The fraction of sp³-hybridized carbons (Fsp3) is 0.462. The molecule has 1 atom stereocenters. The normalized spacial score (nSPS) is 23.9. The summed E-state index contributed by atoms with van der Waals surface area (Å²) in [4.78, 5) is 0. The van der Waals surface area contributed by atoms with E-state index in [-0.39, 0.29) is 5.54 Å². The number of nitrogens with zero attached hydrogens (tertiary/aromatic N) is 1. The first-order chi connectivity index (χ1) is 7.85. The summed E-state index contributed by atoms with van der Waals surface area (Å²) in [6, 6.07) is 12.1. The standard InChI is InChI=1S/C13H16N2O/c14-11-13(7-4-9-15-13)8-10-16-12-5-2-1-3-6-12/h1-3,5-6,15H,4,7-10H2. The van der Waals surface area contributed by atoms with Gasteiger partial charge in [-0.1, -0.05) is 18.2 Å². The Kier molecular flexibility index (Phi) is 3.43. The van der Waals surface area contributed by atoms with Crippen LogP contribution in [0.4, 0.5) is 0 Å². The van der Waals surface area contributed by atoms with Crippen molar-refractivity contribution in [3.8, 4) is 11.8 Å². The maximum Gasteiger partial charge on any atom is 0.119 e. The van der Waals surface area contributed by atoms with Crippen LogP contribution in [0.3, 0.4) is 0 Å². The molecular weight excluding hydrogens is 200 g/mol. The van der Waals surface area contributed by atoms with Crippen molar-refractivity contribution in [3.63, 3.8) is 0 Å². The number of hydrogen-bond acceptors (Lipinski definition) is 3. The zero-order valence-electron chi connectivity index (χ0n) is 9.28. The van der Waals surface area contributed by atoms with Crippen LogP contribution in [-0.2, 0) is 0 Å². The molecule has 1 aliphatic heterocycles. The summed E-state index contributed by atoms with van der Waals surface area (Å²) >= 11 is 0. The molecule has 0 radical (unpaired) electrons. The quantitative estimate of drug-likeness (QED) is 0.838. The zero-order chi connectivity index (χ0) is 11.3. The molecule has 1 aromatic carbocycles. The number of hydrogen-bond donors (Lipinski definition) is 1. The SMILES string of the molecule is N#CC1(CCOc2ccccc2)CCCN1. The molecule has 2 rings (SSSR count). The molecule has 3 nitrogen and oxygen atoms in total. The van der Waals surface area contributed by atoms with Crippen molar-refractivity contribution in [2.75, 3.05) is 13.2 Å². The Balaban J connectivity index is 1.82. The Bertz CT molecular complexity index is 363. The number of rotatable bonds is 4. The minimum Gasteiger partial charge on any atom is -0.493 e. The molecule has 3 heteroatoms. The molecule has 1 aliphatic rings. The monoisotopic (exact) mass is 216 g/mol. The number of nitriles is 1.